The zero-order valence-corrected chi connectivity index (χ0v) is 15.4. The molecule has 0 amide bonds. The van der Waals surface area contributed by atoms with Crippen LogP contribution in [-0.4, -0.2) is 0 Å². The molecule has 0 bridgehead atoms. The van der Waals surface area contributed by atoms with E-state index in [2.05, 4.69) is 91.5 Å². The van der Waals surface area contributed by atoms with Crippen LogP contribution in [0, 0.1) is 0 Å². The number of hydrogen-bond acceptors (Lipinski definition) is 2. The van der Waals surface area contributed by atoms with Crippen LogP contribution in [0.5, 0.6) is 11.5 Å². The summed E-state index contributed by atoms with van der Waals surface area (Å²) in [6, 6.07) is 32.0. The molecule has 1 aliphatic heterocycles. The summed E-state index contributed by atoms with van der Waals surface area (Å²) in [5.41, 5.74) is 7.14. The average Bonchev–Trinajstić information content (AvgIpc) is 2.99. The Morgan fingerprint density at radius 1 is 0.556 bits per heavy atom. The largest absolute Gasteiger partial charge is 0.457 e. The van der Waals surface area contributed by atoms with Gasteiger partial charge in [-0.15, -0.1) is 12.6 Å². The molecule has 0 radical (unpaired) electrons. The quantitative estimate of drug-likeness (QED) is 0.305. The third-order valence-corrected chi connectivity index (χ3v) is 6.11. The van der Waals surface area contributed by atoms with Gasteiger partial charge >= 0.3 is 0 Å². The molecule has 0 unspecified atom stereocenters. The van der Waals surface area contributed by atoms with Crippen molar-refractivity contribution in [3.63, 3.8) is 0 Å². The van der Waals surface area contributed by atoms with Gasteiger partial charge in [0.2, 0.25) is 0 Å². The van der Waals surface area contributed by atoms with Crippen molar-refractivity contribution in [2.45, 2.75) is 10.3 Å². The standard InChI is InChI=1S/C25H16OS/c27-16-13-14-18-17-7-1-2-8-19(17)25(22(18)15-16)20-9-3-5-11-23(20)26-24-12-6-4-10-21(24)25/h1-15,27H. The Hall–Kier alpha value is -2.97. The third kappa shape index (κ3) is 1.81. The van der Waals surface area contributed by atoms with Crippen molar-refractivity contribution in [2.24, 2.45) is 0 Å². The summed E-state index contributed by atoms with van der Waals surface area (Å²) in [6.07, 6.45) is 0. The van der Waals surface area contributed by atoms with Crippen LogP contribution in [0.3, 0.4) is 0 Å². The molecule has 4 aromatic rings. The van der Waals surface area contributed by atoms with Gasteiger partial charge in [0.15, 0.2) is 0 Å². The lowest BCUT2D eigenvalue weighted by Gasteiger charge is -2.39. The Morgan fingerprint density at radius 3 is 1.81 bits per heavy atom. The van der Waals surface area contributed by atoms with E-state index in [1.54, 1.807) is 0 Å². The zero-order valence-electron chi connectivity index (χ0n) is 14.5. The fraction of sp³-hybridized carbons (Fsp3) is 0.0400. The van der Waals surface area contributed by atoms with Crippen LogP contribution in [-0.2, 0) is 5.41 Å². The molecule has 1 heterocycles. The van der Waals surface area contributed by atoms with Crippen LogP contribution in [0.15, 0.2) is 95.9 Å². The van der Waals surface area contributed by atoms with E-state index in [1.807, 2.05) is 12.1 Å². The Kier molecular flexibility index (Phi) is 2.95. The fourth-order valence-electron chi connectivity index (χ4n) is 4.84. The summed E-state index contributed by atoms with van der Waals surface area (Å²) < 4.78 is 6.31. The maximum absolute atomic E-state index is 6.31. The van der Waals surface area contributed by atoms with E-state index in [0.717, 1.165) is 16.4 Å². The minimum atomic E-state index is -0.379. The summed E-state index contributed by atoms with van der Waals surface area (Å²) in [6.45, 7) is 0. The van der Waals surface area contributed by atoms with Gasteiger partial charge in [-0.25, -0.2) is 0 Å². The van der Waals surface area contributed by atoms with E-state index >= 15 is 0 Å². The van der Waals surface area contributed by atoms with E-state index < -0.39 is 0 Å². The number of hydrogen-bond donors (Lipinski definition) is 1. The maximum Gasteiger partial charge on any atom is 0.132 e. The molecular formula is C25H16OS. The van der Waals surface area contributed by atoms with Crippen LogP contribution >= 0.6 is 12.6 Å². The number of benzene rings is 4. The van der Waals surface area contributed by atoms with E-state index in [-0.39, 0.29) is 5.41 Å². The Bertz CT molecular complexity index is 1180. The van der Waals surface area contributed by atoms with Crippen LogP contribution < -0.4 is 4.74 Å². The van der Waals surface area contributed by atoms with Crippen molar-refractivity contribution < 1.29 is 4.74 Å². The number of ether oxygens (including phenoxy) is 1. The Labute approximate surface area is 163 Å². The van der Waals surface area contributed by atoms with Crippen LogP contribution in [0.25, 0.3) is 11.1 Å². The second kappa shape index (κ2) is 5.28. The molecule has 6 rings (SSSR count). The SMILES string of the molecule is Sc1ccc2c(c1)C1(c3ccccc3Oc3ccccc31)c1ccccc1-2. The predicted octanol–water partition coefficient (Wildman–Crippen LogP) is 6.44. The number of thiol groups is 1. The topological polar surface area (TPSA) is 9.23 Å². The molecule has 0 fully saturated rings. The van der Waals surface area contributed by atoms with Crippen LogP contribution in [0.2, 0.25) is 0 Å². The minimum Gasteiger partial charge on any atom is -0.457 e. The minimum absolute atomic E-state index is 0.379. The fourth-order valence-corrected chi connectivity index (χ4v) is 5.05. The highest BCUT2D eigenvalue weighted by atomic mass is 32.1. The van der Waals surface area contributed by atoms with Gasteiger partial charge in [-0.05, 0) is 46.5 Å². The molecule has 1 spiro atoms. The summed E-state index contributed by atoms with van der Waals surface area (Å²) in [4.78, 5) is 0.974. The molecule has 0 saturated carbocycles. The van der Waals surface area contributed by atoms with Crippen molar-refractivity contribution in [1.82, 2.24) is 0 Å². The van der Waals surface area contributed by atoms with E-state index in [1.165, 1.54) is 33.4 Å². The molecule has 2 aliphatic rings. The molecule has 0 saturated heterocycles. The number of fused-ring (bicyclic) bond motifs is 9. The lowest BCUT2D eigenvalue weighted by Crippen LogP contribution is -2.32. The van der Waals surface area contributed by atoms with E-state index in [0.29, 0.717) is 0 Å². The molecule has 4 aromatic carbocycles. The second-order valence-corrected chi connectivity index (χ2v) is 7.64. The first-order valence-electron chi connectivity index (χ1n) is 9.10. The van der Waals surface area contributed by atoms with Crippen molar-refractivity contribution in [3.05, 3.63) is 113 Å². The normalized spacial score (nSPS) is 14.7. The first kappa shape index (κ1) is 15.1. The van der Waals surface area contributed by atoms with Crippen molar-refractivity contribution in [3.8, 4) is 22.6 Å². The summed E-state index contributed by atoms with van der Waals surface area (Å²) >= 11 is 4.67. The van der Waals surface area contributed by atoms with Gasteiger partial charge in [0, 0.05) is 16.0 Å². The lowest BCUT2D eigenvalue weighted by molar-refractivity contribution is 0.436. The van der Waals surface area contributed by atoms with Crippen LogP contribution in [0.1, 0.15) is 22.3 Å². The number of para-hydroxylation sites is 2. The first-order valence-corrected chi connectivity index (χ1v) is 9.55. The predicted molar refractivity (Wildman–Crippen MR) is 111 cm³/mol. The van der Waals surface area contributed by atoms with Gasteiger partial charge in [0.05, 0.1) is 5.41 Å². The highest BCUT2D eigenvalue weighted by Crippen LogP contribution is 2.61. The van der Waals surface area contributed by atoms with Crippen molar-refractivity contribution in [2.75, 3.05) is 0 Å². The van der Waals surface area contributed by atoms with Gasteiger partial charge in [-0.2, -0.15) is 0 Å². The summed E-state index contributed by atoms with van der Waals surface area (Å²) in [5.74, 6) is 1.84. The Morgan fingerprint density at radius 2 is 1.11 bits per heavy atom. The van der Waals surface area contributed by atoms with Gasteiger partial charge in [-0.3, -0.25) is 0 Å². The van der Waals surface area contributed by atoms with Gasteiger partial charge < -0.3 is 4.74 Å². The molecule has 0 atom stereocenters. The molecule has 128 valence electrons. The van der Waals surface area contributed by atoms with Crippen molar-refractivity contribution in [1.29, 1.82) is 0 Å². The zero-order chi connectivity index (χ0) is 18.0. The monoisotopic (exact) mass is 364 g/mol. The highest BCUT2D eigenvalue weighted by Gasteiger charge is 2.50. The second-order valence-electron chi connectivity index (χ2n) is 7.12. The molecular weight excluding hydrogens is 348 g/mol. The molecule has 0 aromatic heterocycles. The van der Waals surface area contributed by atoms with Gasteiger partial charge in [0.25, 0.3) is 0 Å². The smallest absolute Gasteiger partial charge is 0.132 e. The van der Waals surface area contributed by atoms with Crippen LogP contribution in [0.4, 0.5) is 0 Å². The highest BCUT2D eigenvalue weighted by molar-refractivity contribution is 7.80. The molecule has 2 heteroatoms. The average molecular weight is 364 g/mol. The number of rotatable bonds is 0. The summed E-state index contributed by atoms with van der Waals surface area (Å²) in [7, 11) is 0. The van der Waals surface area contributed by atoms with Gasteiger partial charge in [-0.1, -0.05) is 66.7 Å². The molecule has 0 N–H and O–H groups in total. The summed E-state index contributed by atoms with van der Waals surface area (Å²) in [5, 5.41) is 0. The van der Waals surface area contributed by atoms with Crippen molar-refractivity contribution >= 4 is 12.6 Å². The maximum atomic E-state index is 6.31. The first-order chi connectivity index (χ1) is 13.3. The molecule has 1 aliphatic carbocycles. The lowest BCUT2D eigenvalue weighted by atomic mass is 9.66. The van der Waals surface area contributed by atoms with E-state index in [9.17, 15) is 0 Å². The van der Waals surface area contributed by atoms with E-state index in [4.69, 9.17) is 4.74 Å². The molecule has 27 heavy (non-hydrogen) atoms. The third-order valence-electron chi connectivity index (χ3n) is 5.83. The van der Waals surface area contributed by atoms with Gasteiger partial charge in [0.1, 0.15) is 11.5 Å². The Balaban J connectivity index is 1.87. The molecule has 1 nitrogen and oxygen atoms in total.